The Balaban J connectivity index is 2.13. The second kappa shape index (κ2) is 9.41. The van der Waals surface area contributed by atoms with Crippen LogP contribution in [0.3, 0.4) is 0 Å². The maximum absolute atomic E-state index is 11.4. The van der Waals surface area contributed by atoms with Crippen molar-refractivity contribution in [1.82, 2.24) is 10.3 Å². The number of hydrogen-bond donors (Lipinski definition) is 2. The average molecular weight is 335 g/mol. The Morgan fingerprint density at radius 1 is 1.29 bits per heavy atom. The van der Waals surface area contributed by atoms with Gasteiger partial charge in [-0.05, 0) is 18.9 Å². The van der Waals surface area contributed by atoms with Crippen molar-refractivity contribution >= 4 is 35.1 Å². The van der Waals surface area contributed by atoms with Crippen LogP contribution in [0.4, 0.5) is 0 Å². The fraction of sp³-hybridized carbons (Fsp3) is 0.462. The molecule has 6 nitrogen and oxygen atoms in total. The van der Waals surface area contributed by atoms with Gasteiger partial charge in [0.1, 0.15) is 11.6 Å². The van der Waals surface area contributed by atoms with Gasteiger partial charge in [0.2, 0.25) is 11.8 Å². The second-order valence-corrected chi connectivity index (χ2v) is 5.08. The number of nitrogens with zero attached hydrogens (tertiary/aromatic N) is 1. The van der Waals surface area contributed by atoms with Crippen molar-refractivity contribution in [3.63, 3.8) is 0 Å². The maximum Gasteiger partial charge on any atom is 0.303 e. The third-order valence-corrected chi connectivity index (χ3v) is 2.96. The van der Waals surface area contributed by atoms with Crippen LogP contribution in [0, 0.1) is 0 Å². The molecule has 0 saturated carbocycles. The van der Waals surface area contributed by atoms with Crippen LogP contribution in [-0.2, 0) is 9.59 Å². The van der Waals surface area contributed by atoms with Gasteiger partial charge in [0.15, 0.2) is 0 Å². The van der Waals surface area contributed by atoms with E-state index >= 15 is 0 Å². The second-order valence-electron chi connectivity index (χ2n) is 4.24. The van der Waals surface area contributed by atoms with Crippen LogP contribution in [-0.4, -0.2) is 35.1 Å². The summed E-state index contributed by atoms with van der Waals surface area (Å²) in [6.45, 7) is 0.549. The molecule has 0 saturated heterocycles. The van der Waals surface area contributed by atoms with E-state index in [4.69, 9.17) is 33.0 Å². The van der Waals surface area contributed by atoms with E-state index < -0.39 is 5.97 Å². The Morgan fingerprint density at radius 2 is 2.00 bits per heavy atom. The van der Waals surface area contributed by atoms with Crippen LogP contribution in [0.25, 0.3) is 0 Å². The van der Waals surface area contributed by atoms with Crippen molar-refractivity contribution in [3.8, 4) is 5.88 Å². The number of halogens is 2. The fourth-order valence-electron chi connectivity index (χ4n) is 1.50. The summed E-state index contributed by atoms with van der Waals surface area (Å²) in [6, 6.07) is 1.52. The van der Waals surface area contributed by atoms with Gasteiger partial charge >= 0.3 is 5.97 Å². The first-order valence-electron chi connectivity index (χ1n) is 6.41. The SMILES string of the molecule is O=C(O)CCCCC(=O)NCCOc1ncc(Cl)cc1Cl. The first kappa shape index (κ1) is 17.5. The van der Waals surface area contributed by atoms with Crippen molar-refractivity contribution in [2.24, 2.45) is 0 Å². The van der Waals surface area contributed by atoms with Crippen molar-refractivity contribution in [3.05, 3.63) is 22.3 Å². The minimum absolute atomic E-state index is 0.0805. The summed E-state index contributed by atoms with van der Waals surface area (Å²) in [7, 11) is 0. The van der Waals surface area contributed by atoms with Crippen molar-refractivity contribution in [2.75, 3.05) is 13.2 Å². The quantitative estimate of drug-likeness (QED) is 0.677. The maximum atomic E-state index is 11.4. The van der Waals surface area contributed by atoms with Crippen molar-refractivity contribution < 1.29 is 19.4 Å². The molecule has 1 rings (SSSR count). The summed E-state index contributed by atoms with van der Waals surface area (Å²) in [5.41, 5.74) is 0. The molecule has 0 aromatic carbocycles. The molecule has 2 N–H and O–H groups in total. The Hall–Kier alpha value is -1.53. The number of carboxylic acids is 1. The Labute approximate surface area is 132 Å². The van der Waals surface area contributed by atoms with Gasteiger partial charge in [-0.2, -0.15) is 0 Å². The molecule has 1 heterocycles. The number of unbranched alkanes of at least 4 members (excludes halogenated alkanes) is 1. The van der Waals surface area contributed by atoms with Gasteiger partial charge in [-0.25, -0.2) is 4.98 Å². The zero-order chi connectivity index (χ0) is 15.7. The summed E-state index contributed by atoms with van der Waals surface area (Å²) in [5, 5.41) is 11.8. The van der Waals surface area contributed by atoms with E-state index in [1.54, 1.807) is 0 Å². The molecule has 116 valence electrons. The third-order valence-electron chi connectivity index (χ3n) is 2.48. The molecule has 0 aliphatic rings. The minimum atomic E-state index is -0.851. The highest BCUT2D eigenvalue weighted by atomic mass is 35.5. The van der Waals surface area contributed by atoms with E-state index in [0.29, 0.717) is 35.9 Å². The van der Waals surface area contributed by atoms with Crippen LogP contribution >= 0.6 is 23.2 Å². The van der Waals surface area contributed by atoms with E-state index in [0.717, 1.165) is 0 Å². The van der Waals surface area contributed by atoms with Crippen LogP contribution in [0.2, 0.25) is 10.0 Å². The van der Waals surface area contributed by atoms with E-state index in [-0.39, 0.29) is 24.8 Å². The monoisotopic (exact) mass is 334 g/mol. The molecule has 0 unspecified atom stereocenters. The van der Waals surface area contributed by atoms with Crippen LogP contribution in [0.15, 0.2) is 12.3 Å². The van der Waals surface area contributed by atoms with Crippen LogP contribution in [0.5, 0.6) is 5.88 Å². The number of hydrogen-bond acceptors (Lipinski definition) is 4. The molecule has 0 atom stereocenters. The molecule has 0 aliphatic carbocycles. The van der Waals surface area contributed by atoms with E-state index in [2.05, 4.69) is 10.3 Å². The molecular formula is C13H16Cl2N2O4. The lowest BCUT2D eigenvalue weighted by Crippen LogP contribution is -2.27. The standard InChI is InChI=1S/C13H16Cl2N2O4/c14-9-7-10(15)13(17-8-9)21-6-5-16-11(18)3-1-2-4-12(19)20/h7-8H,1-6H2,(H,16,18)(H,19,20). The Kier molecular flexibility index (Phi) is 7.85. The predicted molar refractivity (Wildman–Crippen MR) is 78.9 cm³/mol. The number of pyridine rings is 1. The van der Waals surface area contributed by atoms with Crippen LogP contribution in [0.1, 0.15) is 25.7 Å². The zero-order valence-corrected chi connectivity index (χ0v) is 12.8. The molecule has 1 aromatic rings. The summed E-state index contributed by atoms with van der Waals surface area (Å²) in [4.78, 5) is 25.7. The molecule has 21 heavy (non-hydrogen) atoms. The van der Waals surface area contributed by atoms with E-state index in [9.17, 15) is 9.59 Å². The minimum Gasteiger partial charge on any atom is -0.481 e. The van der Waals surface area contributed by atoms with Gasteiger partial charge in [0.25, 0.3) is 0 Å². The van der Waals surface area contributed by atoms with Gasteiger partial charge in [0, 0.05) is 19.0 Å². The van der Waals surface area contributed by atoms with Crippen molar-refractivity contribution in [1.29, 1.82) is 0 Å². The number of aliphatic carboxylic acids is 1. The fourth-order valence-corrected chi connectivity index (χ4v) is 1.93. The molecule has 0 bridgehead atoms. The smallest absolute Gasteiger partial charge is 0.303 e. The van der Waals surface area contributed by atoms with Gasteiger partial charge in [0.05, 0.1) is 11.6 Å². The molecule has 1 amide bonds. The average Bonchev–Trinajstić information content (AvgIpc) is 2.41. The van der Waals surface area contributed by atoms with Crippen LogP contribution < -0.4 is 10.1 Å². The number of carbonyl (C=O) groups is 2. The number of carbonyl (C=O) groups excluding carboxylic acids is 1. The first-order chi connectivity index (χ1) is 9.99. The number of nitrogens with one attached hydrogen (secondary N) is 1. The number of amides is 1. The third kappa shape index (κ3) is 7.72. The molecule has 0 spiro atoms. The summed E-state index contributed by atoms with van der Waals surface area (Å²) in [5.74, 6) is -0.730. The number of rotatable bonds is 9. The highest BCUT2D eigenvalue weighted by Crippen LogP contribution is 2.24. The van der Waals surface area contributed by atoms with Gasteiger partial charge in [-0.15, -0.1) is 0 Å². The predicted octanol–water partition coefficient (Wildman–Crippen LogP) is 2.53. The Morgan fingerprint density at radius 3 is 2.67 bits per heavy atom. The number of aromatic nitrogens is 1. The topological polar surface area (TPSA) is 88.5 Å². The van der Waals surface area contributed by atoms with Gasteiger partial charge in [-0.1, -0.05) is 23.2 Å². The Bertz CT molecular complexity index is 497. The lowest BCUT2D eigenvalue weighted by molar-refractivity contribution is -0.137. The lowest BCUT2D eigenvalue weighted by atomic mass is 10.2. The highest BCUT2D eigenvalue weighted by molar-refractivity contribution is 6.35. The first-order valence-corrected chi connectivity index (χ1v) is 7.17. The normalized spacial score (nSPS) is 10.2. The lowest BCUT2D eigenvalue weighted by Gasteiger charge is -2.08. The summed E-state index contributed by atoms with van der Waals surface area (Å²) < 4.78 is 5.31. The van der Waals surface area contributed by atoms with Gasteiger partial charge in [-0.3, -0.25) is 9.59 Å². The molecule has 8 heteroatoms. The van der Waals surface area contributed by atoms with E-state index in [1.165, 1.54) is 12.3 Å². The summed E-state index contributed by atoms with van der Waals surface area (Å²) >= 11 is 11.6. The van der Waals surface area contributed by atoms with E-state index in [1.807, 2.05) is 0 Å². The largest absolute Gasteiger partial charge is 0.481 e. The molecule has 0 aliphatic heterocycles. The highest BCUT2D eigenvalue weighted by Gasteiger charge is 2.05. The molecule has 0 fully saturated rings. The molecule has 1 aromatic heterocycles. The number of carboxylic acid groups (broad SMARTS) is 1. The van der Waals surface area contributed by atoms with Crippen molar-refractivity contribution in [2.45, 2.75) is 25.7 Å². The zero-order valence-electron chi connectivity index (χ0n) is 11.3. The molecule has 0 radical (unpaired) electrons. The van der Waals surface area contributed by atoms with Gasteiger partial charge < -0.3 is 15.2 Å². The number of ether oxygens (including phenoxy) is 1. The molecular weight excluding hydrogens is 319 g/mol. The summed E-state index contributed by atoms with van der Waals surface area (Å²) in [6.07, 6.45) is 2.83.